The molecule has 0 bridgehead atoms. The van der Waals surface area contributed by atoms with Gasteiger partial charge in [0.25, 0.3) is 6.43 Å². The van der Waals surface area contributed by atoms with Crippen LogP contribution >= 0.6 is 11.6 Å². The lowest BCUT2D eigenvalue weighted by Crippen LogP contribution is -2.01. The van der Waals surface area contributed by atoms with E-state index in [1.807, 2.05) is 0 Å². The second kappa shape index (κ2) is 5.11. The molecule has 0 fully saturated rings. The van der Waals surface area contributed by atoms with Crippen LogP contribution in [0.15, 0.2) is 6.07 Å². The molecule has 0 spiro atoms. The van der Waals surface area contributed by atoms with Crippen molar-refractivity contribution in [3.63, 3.8) is 0 Å². The predicted molar refractivity (Wildman–Crippen MR) is 51.9 cm³/mol. The number of alkyl halides is 3. The van der Waals surface area contributed by atoms with E-state index in [4.69, 9.17) is 21.1 Å². The van der Waals surface area contributed by atoms with Gasteiger partial charge in [-0.05, 0) is 0 Å². The molecule has 15 heavy (non-hydrogen) atoms. The van der Waals surface area contributed by atoms with E-state index < -0.39 is 6.43 Å². The van der Waals surface area contributed by atoms with E-state index in [2.05, 4.69) is 4.98 Å². The molecule has 84 valence electrons. The molecule has 0 unspecified atom stereocenters. The van der Waals surface area contributed by atoms with Gasteiger partial charge in [0, 0.05) is 17.2 Å². The van der Waals surface area contributed by atoms with E-state index >= 15 is 0 Å². The Kier molecular flexibility index (Phi) is 4.08. The summed E-state index contributed by atoms with van der Waals surface area (Å²) in [5.74, 6) is 0.0653. The molecule has 0 aliphatic heterocycles. The summed E-state index contributed by atoms with van der Waals surface area (Å²) in [6, 6.07) is 1.16. The van der Waals surface area contributed by atoms with Gasteiger partial charge in [0.1, 0.15) is 0 Å². The standard InChI is InChI=1S/C9H10ClF2NO2/c1-14-7-3-5(8(11)12)6(4-10)9(13-7)15-2/h3,8H,4H2,1-2H3. The largest absolute Gasteiger partial charge is 0.481 e. The summed E-state index contributed by atoms with van der Waals surface area (Å²) in [4.78, 5) is 3.86. The number of hydrogen-bond acceptors (Lipinski definition) is 3. The molecule has 0 saturated carbocycles. The Morgan fingerprint density at radius 1 is 1.40 bits per heavy atom. The van der Waals surface area contributed by atoms with Crippen molar-refractivity contribution in [2.45, 2.75) is 12.3 Å². The summed E-state index contributed by atoms with van der Waals surface area (Å²) in [7, 11) is 2.68. The van der Waals surface area contributed by atoms with Gasteiger partial charge in [-0.2, -0.15) is 4.98 Å². The maximum Gasteiger partial charge on any atom is 0.264 e. The van der Waals surface area contributed by atoms with Crippen LogP contribution in [0, 0.1) is 0 Å². The molecule has 0 amide bonds. The lowest BCUT2D eigenvalue weighted by molar-refractivity contribution is 0.149. The molecule has 1 rings (SSSR count). The highest BCUT2D eigenvalue weighted by molar-refractivity contribution is 6.17. The third-order valence-corrected chi connectivity index (χ3v) is 2.14. The Morgan fingerprint density at radius 3 is 2.47 bits per heavy atom. The average Bonchev–Trinajstić information content (AvgIpc) is 2.26. The molecule has 3 nitrogen and oxygen atoms in total. The molecule has 1 heterocycles. The predicted octanol–water partition coefficient (Wildman–Crippen LogP) is 2.78. The van der Waals surface area contributed by atoms with E-state index in [9.17, 15) is 8.78 Å². The summed E-state index contributed by atoms with van der Waals surface area (Å²) in [5, 5.41) is 0. The van der Waals surface area contributed by atoms with E-state index in [1.54, 1.807) is 0 Å². The Labute approximate surface area is 91.0 Å². The smallest absolute Gasteiger partial charge is 0.264 e. The first-order chi connectivity index (χ1) is 7.13. The van der Waals surface area contributed by atoms with Gasteiger partial charge in [0.15, 0.2) is 0 Å². The third-order valence-electron chi connectivity index (χ3n) is 1.87. The molecule has 0 N–H and O–H groups in total. The molecule has 0 atom stereocenters. The fourth-order valence-electron chi connectivity index (χ4n) is 1.15. The maximum absolute atomic E-state index is 12.6. The van der Waals surface area contributed by atoms with Gasteiger partial charge in [-0.3, -0.25) is 0 Å². The molecule has 6 heteroatoms. The van der Waals surface area contributed by atoms with E-state index in [1.165, 1.54) is 14.2 Å². The zero-order valence-electron chi connectivity index (χ0n) is 8.26. The average molecular weight is 238 g/mol. The number of rotatable bonds is 4. The fourth-order valence-corrected chi connectivity index (χ4v) is 1.41. The summed E-state index contributed by atoms with van der Waals surface area (Å²) >= 11 is 5.56. The first-order valence-corrected chi connectivity index (χ1v) is 4.63. The van der Waals surface area contributed by atoms with Crippen molar-refractivity contribution in [1.82, 2.24) is 4.98 Å². The lowest BCUT2D eigenvalue weighted by atomic mass is 10.1. The van der Waals surface area contributed by atoms with Crippen LogP contribution in [0.25, 0.3) is 0 Å². The molecular weight excluding hydrogens is 228 g/mol. The molecular formula is C9H10ClF2NO2. The van der Waals surface area contributed by atoms with Crippen molar-refractivity contribution in [1.29, 1.82) is 0 Å². The minimum Gasteiger partial charge on any atom is -0.481 e. The van der Waals surface area contributed by atoms with Crippen molar-refractivity contribution in [3.05, 3.63) is 17.2 Å². The van der Waals surface area contributed by atoms with E-state index in [0.29, 0.717) is 0 Å². The topological polar surface area (TPSA) is 31.4 Å². The second-order valence-corrected chi connectivity index (χ2v) is 2.94. The van der Waals surface area contributed by atoms with Gasteiger partial charge in [0.05, 0.1) is 20.1 Å². The zero-order valence-corrected chi connectivity index (χ0v) is 9.02. The number of pyridine rings is 1. The van der Waals surface area contributed by atoms with Gasteiger partial charge in [-0.15, -0.1) is 11.6 Å². The maximum atomic E-state index is 12.6. The summed E-state index contributed by atoms with van der Waals surface area (Å²) in [5.41, 5.74) is -0.0244. The summed E-state index contributed by atoms with van der Waals surface area (Å²) in [6.07, 6.45) is -2.63. The summed E-state index contributed by atoms with van der Waals surface area (Å²) < 4.78 is 34.9. The van der Waals surface area contributed by atoms with Crippen LogP contribution in [0.1, 0.15) is 17.6 Å². The number of halogens is 3. The number of aromatic nitrogens is 1. The quantitative estimate of drug-likeness (QED) is 0.755. The molecule has 0 aliphatic rings. The minimum atomic E-state index is -2.63. The number of nitrogens with zero attached hydrogens (tertiary/aromatic N) is 1. The van der Waals surface area contributed by atoms with Crippen LogP contribution in [-0.4, -0.2) is 19.2 Å². The number of ether oxygens (including phenoxy) is 2. The molecule has 0 radical (unpaired) electrons. The minimum absolute atomic E-state index is 0.0691. The van der Waals surface area contributed by atoms with Crippen LogP contribution in [0.5, 0.6) is 11.8 Å². The van der Waals surface area contributed by atoms with Gasteiger partial charge in [0.2, 0.25) is 11.8 Å². The zero-order chi connectivity index (χ0) is 11.4. The van der Waals surface area contributed by atoms with Crippen molar-refractivity contribution < 1.29 is 18.3 Å². The van der Waals surface area contributed by atoms with Crippen LogP contribution in [0.4, 0.5) is 8.78 Å². The molecule has 0 saturated heterocycles. The SMILES string of the molecule is COc1cc(C(F)F)c(CCl)c(OC)n1. The van der Waals surface area contributed by atoms with Gasteiger partial charge in [-0.25, -0.2) is 8.78 Å². The van der Waals surface area contributed by atoms with Crippen molar-refractivity contribution >= 4 is 11.6 Å². The highest BCUT2D eigenvalue weighted by atomic mass is 35.5. The molecule has 1 aromatic heterocycles. The Morgan fingerprint density at radius 2 is 2.07 bits per heavy atom. The van der Waals surface area contributed by atoms with Gasteiger partial charge < -0.3 is 9.47 Å². The highest BCUT2D eigenvalue weighted by Crippen LogP contribution is 2.32. The van der Waals surface area contributed by atoms with Crippen LogP contribution in [0.3, 0.4) is 0 Å². The summed E-state index contributed by atoms with van der Waals surface area (Å²) in [6.45, 7) is 0. The van der Waals surface area contributed by atoms with Crippen molar-refractivity contribution in [2.75, 3.05) is 14.2 Å². The Balaban J connectivity index is 3.32. The van der Waals surface area contributed by atoms with E-state index in [-0.39, 0.29) is 28.8 Å². The highest BCUT2D eigenvalue weighted by Gasteiger charge is 2.19. The number of hydrogen-bond donors (Lipinski definition) is 0. The second-order valence-electron chi connectivity index (χ2n) is 2.68. The van der Waals surface area contributed by atoms with Crippen molar-refractivity contribution in [3.8, 4) is 11.8 Å². The lowest BCUT2D eigenvalue weighted by Gasteiger charge is -2.12. The molecule has 0 aromatic carbocycles. The third kappa shape index (κ3) is 2.47. The molecule has 1 aromatic rings. The van der Waals surface area contributed by atoms with E-state index in [0.717, 1.165) is 6.07 Å². The van der Waals surface area contributed by atoms with Gasteiger partial charge >= 0.3 is 0 Å². The first-order valence-electron chi connectivity index (χ1n) is 4.10. The Bertz CT molecular complexity index is 347. The normalized spacial score (nSPS) is 10.5. The Hall–Kier alpha value is -1.10. The van der Waals surface area contributed by atoms with Crippen LogP contribution < -0.4 is 9.47 Å². The monoisotopic (exact) mass is 237 g/mol. The van der Waals surface area contributed by atoms with Crippen molar-refractivity contribution in [2.24, 2.45) is 0 Å². The van der Waals surface area contributed by atoms with Crippen LogP contribution in [0.2, 0.25) is 0 Å². The fraction of sp³-hybridized carbons (Fsp3) is 0.444. The van der Waals surface area contributed by atoms with Crippen LogP contribution in [-0.2, 0) is 5.88 Å². The van der Waals surface area contributed by atoms with Gasteiger partial charge in [-0.1, -0.05) is 0 Å². The first kappa shape index (κ1) is 12.0. The number of methoxy groups -OCH3 is 2. The molecule has 0 aliphatic carbocycles.